The number of alkyl halides is 3. The van der Waals surface area contributed by atoms with Crippen molar-refractivity contribution in [1.29, 1.82) is 31.6 Å². The first-order valence-electron chi connectivity index (χ1n) is 24.4. The van der Waals surface area contributed by atoms with E-state index >= 15 is 0 Å². The Labute approximate surface area is 444 Å². The van der Waals surface area contributed by atoms with Crippen LogP contribution >= 0.6 is 0 Å². The maximum Gasteiger partial charge on any atom is 0.416 e. The number of rotatable bonds is 7. The number of benzene rings is 10. The maximum absolute atomic E-state index is 14.8. The van der Waals surface area contributed by atoms with Crippen LogP contribution in [0.4, 0.5) is 13.2 Å². The Hall–Kier alpha value is -11.5. The smallest absolute Gasteiger partial charge is 0.308 e. The molecular formula is C67H33F3N8. The molecule has 8 nitrogen and oxygen atoms in total. The molecule has 0 radical (unpaired) electrons. The molecule has 0 amide bonds. The third-order valence-corrected chi connectivity index (χ3v) is 14.3. The minimum Gasteiger partial charge on any atom is -0.308 e. The third kappa shape index (κ3) is 8.17. The molecule has 0 saturated carbocycles. The molecule has 0 aliphatic carbocycles. The molecule has 11 heteroatoms. The van der Waals surface area contributed by atoms with Gasteiger partial charge in [-0.3, -0.25) is 0 Å². The summed E-state index contributed by atoms with van der Waals surface area (Å²) >= 11 is 0. The van der Waals surface area contributed by atoms with Crippen LogP contribution in [0.1, 0.15) is 38.9 Å². The lowest BCUT2D eigenvalue weighted by atomic mass is 9.96. The summed E-state index contributed by atoms with van der Waals surface area (Å²) in [5, 5.41) is 63.4. The van der Waals surface area contributed by atoms with Gasteiger partial charge >= 0.3 is 6.18 Å². The molecule has 0 fully saturated rings. The fourth-order valence-corrected chi connectivity index (χ4v) is 10.5. The number of nitriles is 6. The first kappa shape index (κ1) is 47.5. The van der Waals surface area contributed by atoms with E-state index in [9.17, 15) is 44.7 Å². The lowest BCUT2D eigenvalue weighted by Crippen LogP contribution is -2.07. The summed E-state index contributed by atoms with van der Waals surface area (Å²) in [7, 11) is 0. The molecule has 0 N–H and O–H groups in total. The van der Waals surface area contributed by atoms with Gasteiger partial charge in [0.05, 0.1) is 97.2 Å². The SMILES string of the molecule is N#Cc1ccc(-c2ccc3c(c2)c2cc(-c4ccc(C#N)cc4)ccc2n3-c2cc(-c3cc(C#N)cc(C(F)(F)F)c3)cc(-n3c4ccc(-c5ccc(C#N)cc5)cc4c4cc(-c5ccc(C#N)cc5)ccc43)c2C#N)cc1. The van der Waals surface area contributed by atoms with Gasteiger partial charge in [-0.25, -0.2) is 0 Å². The zero-order valence-electron chi connectivity index (χ0n) is 40.8. The molecule has 78 heavy (non-hydrogen) atoms. The van der Waals surface area contributed by atoms with Gasteiger partial charge in [0.25, 0.3) is 0 Å². The average Bonchev–Trinajstić information content (AvgIpc) is 4.20. The van der Waals surface area contributed by atoms with E-state index in [0.717, 1.165) is 78.2 Å². The largest absolute Gasteiger partial charge is 0.416 e. The summed E-state index contributed by atoms with van der Waals surface area (Å²) in [4.78, 5) is 0. The monoisotopic (exact) mass is 1010 g/mol. The van der Waals surface area contributed by atoms with Crippen molar-refractivity contribution in [2.75, 3.05) is 0 Å². The molecule has 0 unspecified atom stereocenters. The molecule has 12 rings (SSSR count). The fourth-order valence-electron chi connectivity index (χ4n) is 10.5. The van der Waals surface area contributed by atoms with Crippen LogP contribution in [0.5, 0.6) is 0 Å². The van der Waals surface area contributed by atoms with Gasteiger partial charge in [0.2, 0.25) is 0 Å². The molecule has 0 atom stereocenters. The predicted octanol–water partition coefficient (Wildman–Crippen LogP) is 16.5. The lowest BCUT2D eigenvalue weighted by molar-refractivity contribution is -0.137. The number of halogens is 3. The summed E-state index contributed by atoms with van der Waals surface area (Å²) in [6.45, 7) is 0. The quantitative estimate of drug-likeness (QED) is 0.155. The van der Waals surface area contributed by atoms with Crippen LogP contribution in [-0.4, -0.2) is 9.13 Å². The number of nitrogens with zero attached hydrogens (tertiary/aromatic N) is 8. The van der Waals surface area contributed by atoms with E-state index in [1.807, 2.05) is 137 Å². The summed E-state index contributed by atoms with van der Waals surface area (Å²) in [5.41, 5.74) is 11.7. The lowest BCUT2D eigenvalue weighted by Gasteiger charge is -2.19. The molecule has 0 saturated heterocycles. The van der Waals surface area contributed by atoms with Crippen LogP contribution < -0.4 is 0 Å². The van der Waals surface area contributed by atoms with Gasteiger partial charge in [-0.1, -0.05) is 72.8 Å². The van der Waals surface area contributed by atoms with Gasteiger partial charge in [0.1, 0.15) is 11.6 Å². The minimum absolute atomic E-state index is 0.104. The van der Waals surface area contributed by atoms with E-state index in [2.05, 4.69) is 30.3 Å². The average molecular weight is 1010 g/mol. The van der Waals surface area contributed by atoms with Crippen molar-refractivity contribution < 1.29 is 13.2 Å². The zero-order chi connectivity index (χ0) is 53.8. The van der Waals surface area contributed by atoms with E-state index in [4.69, 9.17) is 0 Å². The molecule has 10 aromatic carbocycles. The second kappa shape index (κ2) is 18.8. The van der Waals surface area contributed by atoms with Crippen LogP contribution in [0.25, 0.3) is 111 Å². The Balaban J connectivity index is 1.19. The van der Waals surface area contributed by atoms with Crippen LogP contribution in [0.3, 0.4) is 0 Å². The van der Waals surface area contributed by atoms with Gasteiger partial charge < -0.3 is 9.13 Å². The summed E-state index contributed by atoms with van der Waals surface area (Å²) < 4.78 is 48.2. The van der Waals surface area contributed by atoms with Gasteiger partial charge in [-0.2, -0.15) is 44.7 Å². The van der Waals surface area contributed by atoms with Crippen molar-refractivity contribution in [2.45, 2.75) is 6.18 Å². The molecule has 12 aromatic rings. The molecule has 362 valence electrons. The number of fused-ring (bicyclic) bond motifs is 6. The Morgan fingerprint density at radius 1 is 0.269 bits per heavy atom. The normalized spacial score (nSPS) is 11.2. The molecule has 2 aromatic heterocycles. The Kier molecular flexibility index (Phi) is 11.4. The third-order valence-electron chi connectivity index (χ3n) is 14.3. The second-order valence-electron chi connectivity index (χ2n) is 18.8. The molecule has 0 bridgehead atoms. The van der Waals surface area contributed by atoms with E-state index < -0.39 is 11.7 Å². The van der Waals surface area contributed by atoms with Crippen molar-refractivity contribution in [2.24, 2.45) is 0 Å². The Bertz CT molecular complexity index is 4260. The fraction of sp³-hybridized carbons (Fsp3) is 0.0149. The summed E-state index contributed by atoms with van der Waals surface area (Å²) in [5.74, 6) is 0. The standard InChI is InChI=1S/C67H33F3N8/c68-67(69,70)55-26-44(38-75)25-53(27-55)54-32-65(77-61-21-17-49(45-9-1-40(34-71)2-10-45)28-56(61)57-29-50(18-22-62(57)77)46-11-3-41(35-72)4-12-46)60(39-76)66(33-54)78-63-23-19-51(47-13-5-42(36-73)6-14-47)30-58(63)59-31-52(20-24-64(59)78)48-15-7-43(37-74)8-16-48/h1-33H. The van der Waals surface area contributed by atoms with Crippen LogP contribution in [-0.2, 0) is 6.18 Å². The maximum atomic E-state index is 14.8. The van der Waals surface area contributed by atoms with Crippen LogP contribution in [0.15, 0.2) is 200 Å². The number of hydrogen-bond acceptors (Lipinski definition) is 6. The predicted molar refractivity (Wildman–Crippen MR) is 296 cm³/mol. The second-order valence-corrected chi connectivity index (χ2v) is 18.8. The highest BCUT2D eigenvalue weighted by atomic mass is 19.4. The van der Waals surface area contributed by atoms with Gasteiger partial charge in [0.15, 0.2) is 0 Å². The first-order valence-corrected chi connectivity index (χ1v) is 24.4. The summed E-state index contributed by atoms with van der Waals surface area (Å²) in [6.07, 6.45) is -4.79. The van der Waals surface area contributed by atoms with Crippen LogP contribution in [0.2, 0.25) is 0 Å². The van der Waals surface area contributed by atoms with Gasteiger partial charge in [0, 0.05) is 21.5 Å². The molecule has 0 aliphatic heterocycles. The molecule has 0 spiro atoms. The summed E-state index contributed by atoms with van der Waals surface area (Å²) in [6, 6.07) is 72.7. The van der Waals surface area contributed by atoms with E-state index in [-0.39, 0.29) is 16.7 Å². The van der Waals surface area contributed by atoms with Crippen molar-refractivity contribution in [3.63, 3.8) is 0 Å². The van der Waals surface area contributed by atoms with E-state index in [1.54, 1.807) is 60.7 Å². The number of hydrogen-bond donors (Lipinski definition) is 0. The van der Waals surface area contributed by atoms with Gasteiger partial charge in [-0.05, 0) is 183 Å². The van der Waals surface area contributed by atoms with E-state index in [1.165, 1.54) is 6.07 Å². The Morgan fingerprint density at radius 2 is 0.551 bits per heavy atom. The van der Waals surface area contributed by atoms with Crippen molar-refractivity contribution in [3.05, 3.63) is 239 Å². The van der Waals surface area contributed by atoms with E-state index in [0.29, 0.717) is 61.3 Å². The topological polar surface area (TPSA) is 153 Å². The molecule has 0 aliphatic rings. The highest BCUT2D eigenvalue weighted by molar-refractivity contribution is 6.14. The molecule has 2 heterocycles. The van der Waals surface area contributed by atoms with Gasteiger partial charge in [-0.15, -0.1) is 0 Å². The van der Waals surface area contributed by atoms with Crippen molar-refractivity contribution >= 4 is 43.6 Å². The minimum atomic E-state index is -4.79. The molecular weight excluding hydrogens is 974 g/mol. The zero-order valence-corrected chi connectivity index (χ0v) is 40.8. The highest BCUT2D eigenvalue weighted by Crippen LogP contribution is 2.44. The number of aromatic nitrogens is 2. The van der Waals surface area contributed by atoms with Crippen LogP contribution in [0, 0.1) is 68.0 Å². The Morgan fingerprint density at radius 3 is 0.821 bits per heavy atom. The first-order chi connectivity index (χ1) is 38.0. The highest BCUT2D eigenvalue weighted by Gasteiger charge is 2.32. The van der Waals surface area contributed by atoms with Crippen molar-refractivity contribution in [3.8, 4) is 103 Å². The van der Waals surface area contributed by atoms with Crippen molar-refractivity contribution in [1.82, 2.24) is 9.13 Å².